The Morgan fingerprint density at radius 3 is 1.91 bits per heavy atom. The van der Waals surface area contributed by atoms with Crippen molar-refractivity contribution in [3.05, 3.63) is 0 Å². The van der Waals surface area contributed by atoms with Gasteiger partial charge in [-0.15, -0.1) is 0 Å². The van der Waals surface area contributed by atoms with Gasteiger partial charge < -0.3 is 4.74 Å². The highest BCUT2D eigenvalue weighted by atomic mass is 19.4. The molecule has 0 aliphatic carbocycles. The van der Waals surface area contributed by atoms with Crippen LogP contribution in [0.5, 0.6) is 0 Å². The molecule has 1 atom stereocenters. The van der Waals surface area contributed by atoms with Crippen molar-refractivity contribution < 1.29 is 17.9 Å². The van der Waals surface area contributed by atoms with Crippen LogP contribution in [0.2, 0.25) is 0 Å². The van der Waals surface area contributed by atoms with Crippen molar-refractivity contribution in [2.24, 2.45) is 4.99 Å². The fourth-order valence-corrected chi connectivity index (χ4v) is 2.60. The maximum absolute atomic E-state index is 12.8. The Morgan fingerprint density at radius 2 is 1.45 bits per heavy atom. The van der Waals surface area contributed by atoms with E-state index in [2.05, 4.69) is 11.9 Å². The first-order valence-electron chi connectivity index (χ1n) is 8.67. The Balaban J connectivity index is 2.03. The van der Waals surface area contributed by atoms with Crippen molar-refractivity contribution in [1.29, 1.82) is 0 Å². The van der Waals surface area contributed by atoms with Crippen LogP contribution >= 0.6 is 0 Å². The van der Waals surface area contributed by atoms with E-state index in [1.807, 2.05) is 0 Å². The monoisotopic (exact) mass is 321 g/mol. The van der Waals surface area contributed by atoms with Crippen molar-refractivity contribution in [2.45, 2.75) is 96.2 Å². The normalized spacial score (nSPS) is 21.8. The molecule has 1 aliphatic heterocycles. The molecule has 1 aliphatic rings. The fourth-order valence-electron chi connectivity index (χ4n) is 2.60. The van der Waals surface area contributed by atoms with Crippen molar-refractivity contribution >= 4 is 5.90 Å². The van der Waals surface area contributed by atoms with Gasteiger partial charge in [0.1, 0.15) is 6.61 Å². The van der Waals surface area contributed by atoms with E-state index in [9.17, 15) is 13.2 Å². The predicted octanol–water partition coefficient (Wildman–Crippen LogP) is 6.05. The maximum atomic E-state index is 12.8. The zero-order valence-corrected chi connectivity index (χ0v) is 14.0. The van der Waals surface area contributed by atoms with Crippen LogP contribution in [0.1, 0.15) is 84.5 Å². The summed E-state index contributed by atoms with van der Waals surface area (Å²) in [6, 6.07) is 0. The topological polar surface area (TPSA) is 21.6 Å². The molecule has 1 heterocycles. The van der Waals surface area contributed by atoms with E-state index in [-0.39, 0.29) is 12.5 Å². The molecule has 1 rings (SSSR count). The van der Waals surface area contributed by atoms with Gasteiger partial charge in [0, 0.05) is 6.42 Å². The van der Waals surface area contributed by atoms with Gasteiger partial charge in [0.25, 0.3) is 0 Å². The van der Waals surface area contributed by atoms with Gasteiger partial charge in [-0.2, -0.15) is 13.2 Å². The molecule has 0 N–H and O–H groups in total. The molecule has 2 nitrogen and oxygen atoms in total. The summed E-state index contributed by atoms with van der Waals surface area (Å²) in [4.78, 5) is 3.74. The number of rotatable bonds is 11. The lowest BCUT2D eigenvalue weighted by Gasteiger charge is -2.21. The third-order valence-electron chi connectivity index (χ3n) is 4.25. The number of aliphatic imine (C=N–C) groups is 1. The summed E-state index contributed by atoms with van der Waals surface area (Å²) in [5.74, 6) is 0.277. The summed E-state index contributed by atoms with van der Waals surface area (Å²) in [5, 5.41) is 0. The van der Waals surface area contributed by atoms with Gasteiger partial charge in [-0.1, -0.05) is 64.7 Å². The summed E-state index contributed by atoms with van der Waals surface area (Å²) in [6.07, 6.45) is 8.33. The SMILES string of the molecule is CCCCCCCCCCCCC1=NC(C)(C(F)(F)F)CO1. The molecule has 0 saturated carbocycles. The number of nitrogens with zero attached hydrogens (tertiary/aromatic N) is 1. The molecule has 0 aromatic rings. The van der Waals surface area contributed by atoms with E-state index < -0.39 is 11.7 Å². The standard InChI is InChI=1S/C17H30F3NO/c1-3-4-5-6-7-8-9-10-11-12-13-15-21-16(2,14-22-15)17(18,19)20/h3-14H2,1-2H3. The number of halogens is 3. The van der Waals surface area contributed by atoms with Crippen LogP contribution in [0.4, 0.5) is 13.2 Å². The zero-order chi connectivity index (χ0) is 16.5. The van der Waals surface area contributed by atoms with E-state index in [1.165, 1.54) is 44.9 Å². The van der Waals surface area contributed by atoms with E-state index in [0.717, 1.165) is 26.2 Å². The second-order valence-corrected chi connectivity index (χ2v) is 6.50. The lowest BCUT2D eigenvalue weighted by molar-refractivity contribution is -0.182. The second-order valence-electron chi connectivity index (χ2n) is 6.50. The third-order valence-corrected chi connectivity index (χ3v) is 4.25. The van der Waals surface area contributed by atoms with Gasteiger partial charge in [-0.3, -0.25) is 0 Å². The van der Waals surface area contributed by atoms with Gasteiger partial charge in [-0.25, -0.2) is 4.99 Å². The van der Waals surface area contributed by atoms with Crippen LogP contribution in [0.3, 0.4) is 0 Å². The molecule has 0 spiro atoms. The predicted molar refractivity (Wildman–Crippen MR) is 84.3 cm³/mol. The fraction of sp³-hybridized carbons (Fsp3) is 0.941. The smallest absolute Gasteiger partial charge is 0.416 e. The number of hydrogen-bond acceptors (Lipinski definition) is 2. The van der Waals surface area contributed by atoms with Gasteiger partial charge in [0.05, 0.1) is 0 Å². The van der Waals surface area contributed by atoms with E-state index in [0.29, 0.717) is 6.42 Å². The molecule has 5 heteroatoms. The third kappa shape index (κ3) is 6.57. The van der Waals surface area contributed by atoms with Crippen molar-refractivity contribution in [3.63, 3.8) is 0 Å². The molecule has 0 fully saturated rings. The average molecular weight is 321 g/mol. The lowest BCUT2D eigenvalue weighted by atomic mass is 10.1. The van der Waals surface area contributed by atoms with Crippen LogP contribution < -0.4 is 0 Å². The lowest BCUT2D eigenvalue weighted by Crippen LogP contribution is -2.41. The van der Waals surface area contributed by atoms with Crippen LogP contribution in [0, 0.1) is 0 Å². The molecular formula is C17H30F3NO. The van der Waals surface area contributed by atoms with Crippen molar-refractivity contribution in [1.82, 2.24) is 0 Å². The first-order valence-corrected chi connectivity index (χ1v) is 8.67. The molecule has 130 valence electrons. The second kappa shape index (κ2) is 9.41. The number of ether oxygens (including phenoxy) is 1. The van der Waals surface area contributed by atoms with Gasteiger partial charge in [0.15, 0.2) is 11.4 Å². The molecule has 0 radical (unpaired) electrons. The Hall–Kier alpha value is -0.740. The molecular weight excluding hydrogens is 291 g/mol. The van der Waals surface area contributed by atoms with Crippen LogP contribution in [-0.4, -0.2) is 24.2 Å². The van der Waals surface area contributed by atoms with E-state index in [4.69, 9.17) is 4.74 Å². The molecule has 0 amide bonds. The van der Waals surface area contributed by atoms with Crippen LogP contribution in [0.15, 0.2) is 4.99 Å². The van der Waals surface area contributed by atoms with Gasteiger partial charge in [-0.05, 0) is 13.3 Å². The first kappa shape index (κ1) is 19.3. The minimum absolute atomic E-state index is 0.277. The number of hydrogen-bond donors (Lipinski definition) is 0. The Morgan fingerprint density at radius 1 is 0.955 bits per heavy atom. The molecule has 0 aromatic carbocycles. The Bertz CT molecular complexity index is 341. The number of alkyl halides is 3. The summed E-state index contributed by atoms with van der Waals surface area (Å²) in [6.45, 7) is 2.94. The van der Waals surface area contributed by atoms with E-state index in [1.54, 1.807) is 0 Å². The minimum atomic E-state index is -4.33. The Kier molecular flexibility index (Phi) is 8.26. The summed E-state index contributed by atoms with van der Waals surface area (Å²) < 4.78 is 43.4. The quantitative estimate of drug-likeness (QED) is 0.425. The summed E-state index contributed by atoms with van der Waals surface area (Å²) >= 11 is 0. The highest BCUT2D eigenvalue weighted by Crippen LogP contribution is 2.37. The highest BCUT2D eigenvalue weighted by Gasteiger charge is 2.54. The Labute approximate surface area is 132 Å². The maximum Gasteiger partial charge on any atom is 0.416 e. The van der Waals surface area contributed by atoms with Gasteiger partial charge >= 0.3 is 6.18 Å². The molecule has 0 aromatic heterocycles. The molecule has 22 heavy (non-hydrogen) atoms. The van der Waals surface area contributed by atoms with Crippen molar-refractivity contribution in [2.75, 3.05) is 6.61 Å². The van der Waals surface area contributed by atoms with Crippen molar-refractivity contribution in [3.8, 4) is 0 Å². The minimum Gasteiger partial charge on any atom is -0.478 e. The van der Waals surface area contributed by atoms with E-state index >= 15 is 0 Å². The molecule has 0 saturated heterocycles. The average Bonchev–Trinajstić information content (AvgIpc) is 2.84. The highest BCUT2D eigenvalue weighted by molar-refractivity contribution is 5.78. The van der Waals surface area contributed by atoms with Crippen LogP contribution in [0.25, 0.3) is 0 Å². The first-order chi connectivity index (χ1) is 10.4. The summed E-state index contributed by atoms with van der Waals surface area (Å²) in [7, 11) is 0. The largest absolute Gasteiger partial charge is 0.478 e. The van der Waals surface area contributed by atoms with Gasteiger partial charge in [0.2, 0.25) is 0 Å². The molecule has 1 unspecified atom stereocenters. The van der Waals surface area contributed by atoms with Crippen LogP contribution in [-0.2, 0) is 4.74 Å². The number of unbranched alkanes of at least 4 members (excludes halogenated alkanes) is 9. The molecule has 0 bridgehead atoms. The zero-order valence-electron chi connectivity index (χ0n) is 14.0. The summed E-state index contributed by atoms with van der Waals surface area (Å²) in [5.41, 5.74) is -2.04.